The molecular weight excluding hydrogens is 385 g/mol. The molecule has 0 aliphatic carbocycles. The van der Waals surface area contributed by atoms with Gasteiger partial charge in [-0.15, -0.1) is 13.2 Å². The van der Waals surface area contributed by atoms with Crippen molar-refractivity contribution in [2.75, 3.05) is 32.7 Å². The Labute approximate surface area is 169 Å². The van der Waals surface area contributed by atoms with Gasteiger partial charge in [-0.25, -0.2) is 0 Å². The van der Waals surface area contributed by atoms with Crippen LogP contribution >= 0.6 is 0 Å². The molecule has 1 aliphatic heterocycles. The molecular formula is C20H27F3N4O2. The zero-order valence-corrected chi connectivity index (χ0v) is 16.9. The average molecular weight is 412 g/mol. The van der Waals surface area contributed by atoms with E-state index in [0.29, 0.717) is 19.6 Å². The molecule has 0 aromatic heterocycles. The first kappa shape index (κ1) is 23.0. The number of nitrogens with zero attached hydrogens (tertiary/aromatic N) is 3. The molecule has 1 saturated heterocycles. The quantitative estimate of drug-likeness (QED) is 0.746. The largest absolute Gasteiger partial charge is 0.573 e. The third kappa shape index (κ3) is 7.22. The third-order valence-electron chi connectivity index (χ3n) is 5.18. The molecule has 1 heterocycles. The number of ether oxygens (including phenoxy) is 1. The summed E-state index contributed by atoms with van der Waals surface area (Å²) in [5.41, 5.74) is 0.00778. The number of rotatable bonds is 7. The van der Waals surface area contributed by atoms with Gasteiger partial charge in [-0.1, -0.05) is 26.0 Å². The lowest BCUT2D eigenvalue weighted by atomic mass is 9.90. The zero-order valence-electron chi connectivity index (χ0n) is 16.9. The molecule has 0 radical (unpaired) electrons. The maximum absolute atomic E-state index is 12.3. The minimum Gasteiger partial charge on any atom is -0.406 e. The topological polar surface area (TPSA) is 68.6 Å². The van der Waals surface area contributed by atoms with Crippen LogP contribution in [0.1, 0.15) is 26.3 Å². The molecule has 0 spiro atoms. The van der Waals surface area contributed by atoms with Gasteiger partial charge in [-0.2, -0.15) is 5.26 Å². The summed E-state index contributed by atoms with van der Waals surface area (Å²) in [5.74, 6) is -0.402. The Hall–Kier alpha value is -2.31. The van der Waals surface area contributed by atoms with Gasteiger partial charge in [-0.05, 0) is 30.5 Å². The molecule has 1 fully saturated rings. The Bertz CT molecular complexity index is 723. The van der Waals surface area contributed by atoms with Crippen LogP contribution in [0, 0.1) is 17.2 Å². The number of hydrogen-bond acceptors (Lipinski definition) is 5. The third-order valence-corrected chi connectivity index (χ3v) is 5.18. The number of carbonyl (C=O) groups excluding carboxylic acids is 1. The molecule has 1 amide bonds. The lowest BCUT2D eigenvalue weighted by Crippen LogP contribution is -2.54. The Morgan fingerprint density at radius 1 is 1.17 bits per heavy atom. The van der Waals surface area contributed by atoms with Crippen LogP contribution in [0.5, 0.6) is 5.75 Å². The fourth-order valence-corrected chi connectivity index (χ4v) is 2.99. The van der Waals surface area contributed by atoms with Gasteiger partial charge in [0.2, 0.25) is 5.91 Å². The number of benzene rings is 1. The molecule has 6 nitrogen and oxygen atoms in total. The number of hydrogen-bond donors (Lipinski definition) is 1. The fraction of sp³-hybridized carbons (Fsp3) is 0.600. The zero-order chi connectivity index (χ0) is 21.7. The predicted molar refractivity (Wildman–Crippen MR) is 102 cm³/mol. The van der Waals surface area contributed by atoms with Crippen molar-refractivity contribution in [1.82, 2.24) is 15.1 Å². The SMILES string of the molecule is CC(C)C(C)(C#N)NC(=O)CN1CCN(Cc2ccc(OC(F)(F)F)cc2)CC1. The van der Waals surface area contributed by atoms with Crippen molar-refractivity contribution in [2.24, 2.45) is 5.92 Å². The van der Waals surface area contributed by atoms with Crippen molar-refractivity contribution < 1.29 is 22.7 Å². The molecule has 9 heteroatoms. The Morgan fingerprint density at radius 2 is 1.72 bits per heavy atom. The Kier molecular flexibility index (Phi) is 7.49. The van der Waals surface area contributed by atoms with Gasteiger partial charge in [0.15, 0.2) is 0 Å². The highest BCUT2D eigenvalue weighted by atomic mass is 19.4. The lowest BCUT2D eigenvalue weighted by molar-refractivity contribution is -0.274. The minimum absolute atomic E-state index is 0.00113. The van der Waals surface area contributed by atoms with E-state index < -0.39 is 11.9 Å². The summed E-state index contributed by atoms with van der Waals surface area (Å²) in [6.07, 6.45) is -4.69. The van der Waals surface area contributed by atoms with E-state index in [0.717, 1.165) is 18.7 Å². The van der Waals surface area contributed by atoms with Crippen LogP contribution in [-0.4, -0.2) is 60.3 Å². The highest BCUT2D eigenvalue weighted by molar-refractivity contribution is 5.79. The summed E-state index contributed by atoms with van der Waals surface area (Å²) in [4.78, 5) is 16.5. The van der Waals surface area contributed by atoms with Crippen LogP contribution in [-0.2, 0) is 11.3 Å². The lowest BCUT2D eigenvalue weighted by Gasteiger charge is -2.35. The molecule has 1 N–H and O–H groups in total. The number of amides is 1. The van der Waals surface area contributed by atoms with E-state index in [1.54, 1.807) is 19.1 Å². The highest BCUT2D eigenvalue weighted by Crippen LogP contribution is 2.23. The number of nitriles is 1. The summed E-state index contributed by atoms with van der Waals surface area (Å²) in [6, 6.07) is 8.03. The van der Waals surface area contributed by atoms with Gasteiger partial charge < -0.3 is 10.1 Å². The van der Waals surface area contributed by atoms with Gasteiger partial charge in [0.1, 0.15) is 11.3 Å². The van der Waals surface area contributed by atoms with E-state index in [1.807, 2.05) is 18.7 Å². The maximum Gasteiger partial charge on any atom is 0.573 e. The summed E-state index contributed by atoms with van der Waals surface area (Å²) < 4.78 is 40.5. The Morgan fingerprint density at radius 3 is 2.21 bits per heavy atom. The summed E-state index contributed by atoms with van der Waals surface area (Å²) >= 11 is 0. The first-order valence-corrected chi connectivity index (χ1v) is 9.52. The molecule has 1 unspecified atom stereocenters. The Balaban J connectivity index is 1.78. The maximum atomic E-state index is 12.3. The van der Waals surface area contributed by atoms with E-state index in [-0.39, 0.29) is 24.1 Å². The summed E-state index contributed by atoms with van der Waals surface area (Å²) in [6.45, 7) is 9.25. The number of piperazine rings is 1. The van der Waals surface area contributed by atoms with Gasteiger partial charge >= 0.3 is 6.36 Å². The van der Waals surface area contributed by atoms with Crippen LogP contribution in [0.4, 0.5) is 13.2 Å². The van der Waals surface area contributed by atoms with E-state index in [4.69, 9.17) is 0 Å². The van der Waals surface area contributed by atoms with Crippen LogP contribution in [0.3, 0.4) is 0 Å². The van der Waals surface area contributed by atoms with Crippen molar-refractivity contribution in [1.29, 1.82) is 5.26 Å². The van der Waals surface area contributed by atoms with Gasteiger partial charge in [0.05, 0.1) is 12.6 Å². The standard InChI is InChI=1S/C20H27F3N4O2/c1-15(2)19(3,14-24)25-18(28)13-27-10-8-26(9-11-27)12-16-4-6-17(7-5-16)29-20(21,22)23/h4-7,15H,8-13H2,1-3H3,(H,25,28). The van der Waals surface area contributed by atoms with Crippen molar-refractivity contribution in [3.05, 3.63) is 29.8 Å². The average Bonchev–Trinajstić information content (AvgIpc) is 2.63. The van der Waals surface area contributed by atoms with Crippen molar-refractivity contribution in [2.45, 2.75) is 39.2 Å². The van der Waals surface area contributed by atoms with E-state index in [2.05, 4.69) is 21.0 Å². The van der Waals surface area contributed by atoms with E-state index in [9.17, 15) is 23.2 Å². The van der Waals surface area contributed by atoms with Crippen LogP contribution in [0.15, 0.2) is 24.3 Å². The van der Waals surface area contributed by atoms with Crippen molar-refractivity contribution in [3.8, 4) is 11.8 Å². The molecule has 29 heavy (non-hydrogen) atoms. The van der Waals surface area contributed by atoms with Crippen molar-refractivity contribution >= 4 is 5.91 Å². The number of nitrogens with one attached hydrogen (secondary N) is 1. The van der Waals surface area contributed by atoms with Gasteiger partial charge in [0.25, 0.3) is 0 Å². The first-order valence-electron chi connectivity index (χ1n) is 9.52. The molecule has 1 aliphatic rings. The second kappa shape index (κ2) is 9.46. The number of alkyl halides is 3. The van der Waals surface area contributed by atoms with E-state index >= 15 is 0 Å². The summed E-state index contributed by atoms with van der Waals surface area (Å²) in [5, 5.41) is 12.1. The van der Waals surface area contributed by atoms with Crippen molar-refractivity contribution in [3.63, 3.8) is 0 Å². The monoisotopic (exact) mass is 412 g/mol. The number of carbonyl (C=O) groups is 1. The molecule has 0 saturated carbocycles. The second-order valence-corrected chi connectivity index (χ2v) is 7.76. The normalized spacial score (nSPS) is 18.1. The van der Waals surface area contributed by atoms with Crippen LogP contribution in [0.2, 0.25) is 0 Å². The fourth-order valence-electron chi connectivity index (χ4n) is 2.99. The van der Waals surface area contributed by atoms with Gasteiger partial charge in [0, 0.05) is 32.7 Å². The predicted octanol–water partition coefficient (Wildman–Crippen LogP) is 2.76. The van der Waals surface area contributed by atoms with E-state index in [1.165, 1.54) is 12.1 Å². The molecule has 1 atom stereocenters. The molecule has 1 aromatic rings. The molecule has 160 valence electrons. The van der Waals surface area contributed by atoms with Gasteiger partial charge in [-0.3, -0.25) is 14.6 Å². The van der Waals surface area contributed by atoms with Crippen LogP contribution < -0.4 is 10.1 Å². The minimum atomic E-state index is -4.69. The summed E-state index contributed by atoms with van der Waals surface area (Å²) in [7, 11) is 0. The molecule has 1 aromatic carbocycles. The second-order valence-electron chi connectivity index (χ2n) is 7.76. The van der Waals surface area contributed by atoms with Crippen LogP contribution in [0.25, 0.3) is 0 Å². The molecule has 2 rings (SSSR count). The highest BCUT2D eigenvalue weighted by Gasteiger charge is 2.32. The first-order chi connectivity index (χ1) is 13.5. The smallest absolute Gasteiger partial charge is 0.406 e. The number of halogens is 3. The molecule has 0 bridgehead atoms.